The summed E-state index contributed by atoms with van der Waals surface area (Å²) in [6.07, 6.45) is 0.153. The van der Waals surface area contributed by atoms with Gasteiger partial charge < -0.3 is 10.6 Å². The van der Waals surface area contributed by atoms with E-state index in [1.165, 1.54) is 0 Å². The van der Waals surface area contributed by atoms with Gasteiger partial charge in [-0.3, -0.25) is 9.59 Å². The van der Waals surface area contributed by atoms with Crippen molar-refractivity contribution in [2.75, 3.05) is 25.1 Å². The molecule has 2 N–H and O–H groups in total. The molecule has 0 bridgehead atoms. The van der Waals surface area contributed by atoms with Gasteiger partial charge in [0.25, 0.3) is 0 Å². The van der Waals surface area contributed by atoms with Crippen molar-refractivity contribution in [2.45, 2.75) is 32.7 Å². The fraction of sp³-hybridized carbons (Fsp3) is 0.833. The Labute approximate surface area is 120 Å². The number of hydrogen-bond donors (Lipinski definition) is 4. The van der Waals surface area contributed by atoms with Gasteiger partial charge in [-0.2, -0.15) is 25.3 Å². The predicted molar refractivity (Wildman–Crippen MR) is 81.6 cm³/mol. The largest absolute Gasteiger partial charge is 0.359 e. The molecule has 0 rings (SSSR count). The first-order valence-electron chi connectivity index (χ1n) is 6.02. The number of rotatable bonds is 8. The van der Waals surface area contributed by atoms with E-state index >= 15 is 0 Å². The number of ketones is 1. The molecule has 0 saturated carbocycles. The topological polar surface area (TPSA) is 58.2 Å². The van der Waals surface area contributed by atoms with E-state index in [1.54, 1.807) is 14.0 Å². The minimum atomic E-state index is -0.783. The van der Waals surface area contributed by atoms with Gasteiger partial charge in [-0.05, 0) is 20.4 Å². The number of hydrogen-bond acceptors (Lipinski definition) is 5. The van der Waals surface area contributed by atoms with Gasteiger partial charge in [-0.1, -0.05) is 6.92 Å². The summed E-state index contributed by atoms with van der Waals surface area (Å²) in [7, 11) is 1.57. The highest BCUT2D eigenvalue weighted by Crippen LogP contribution is 2.27. The zero-order valence-electron chi connectivity index (χ0n) is 11.5. The molecule has 4 nitrogen and oxygen atoms in total. The fourth-order valence-corrected chi connectivity index (χ4v) is 2.24. The summed E-state index contributed by atoms with van der Waals surface area (Å²) in [5, 5.41) is 5.71. The number of amides is 1. The van der Waals surface area contributed by atoms with Crippen molar-refractivity contribution in [1.82, 2.24) is 10.6 Å². The molecule has 0 spiro atoms. The molecular formula is C12H24N2O2S2. The van der Waals surface area contributed by atoms with Crippen molar-refractivity contribution in [2.24, 2.45) is 5.41 Å². The highest BCUT2D eigenvalue weighted by atomic mass is 32.1. The summed E-state index contributed by atoms with van der Waals surface area (Å²) in [6, 6.07) is 0. The third-order valence-corrected chi connectivity index (χ3v) is 4.50. The summed E-state index contributed by atoms with van der Waals surface area (Å²) < 4.78 is 0. The Morgan fingerprint density at radius 1 is 1.17 bits per heavy atom. The maximum atomic E-state index is 12.4. The van der Waals surface area contributed by atoms with Crippen LogP contribution < -0.4 is 10.6 Å². The molecule has 0 radical (unpaired) electrons. The first kappa shape index (κ1) is 17.8. The monoisotopic (exact) mass is 292 g/mol. The van der Waals surface area contributed by atoms with Crippen molar-refractivity contribution >= 4 is 36.9 Å². The van der Waals surface area contributed by atoms with E-state index in [0.29, 0.717) is 18.1 Å². The van der Waals surface area contributed by atoms with Crippen LogP contribution in [0.2, 0.25) is 0 Å². The minimum absolute atomic E-state index is 0.0144. The Hall–Kier alpha value is -0.200. The quantitative estimate of drug-likeness (QED) is 0.503. The molecule has 0 aromatic rings. The third kappa shape index (κ3) is 4.17. The Morgan fingerprint density at radius 2 is 1.72 bits per heavy atom. The Balaban J connectivity index is 4.95. The molecule has 0 aliphatic heterocycles. The molecule has 0 aromatic heterocycles. The van der Waals surface area contributed by atoms with Crippen LogP contribution in [0.3, 0.4) is 0 Å². The number of likely N-dealkylation sites (N-methyl/N-ethyl adjacent to an activating group) is 1. The van der Waals surface area contributed by atoms with E-state index in [1.807, 2.05) is 13.8 Å². The van der Waals surface area contributed by atoms with Crippen LogP contribution in [0.1, 0.15) is 27.2 Å². The molecule has 0 heterocycles. The number of nitrogens with one attached hydrogen (secondary N) is 2. The summed E-state index contributed by atoms with van der Waals surface area (Å²) in [5.41, 5.74) is -1.48. The standard InChI is InChI=1S/C12H24N2O2S2/c1-5-14-12(3,8-18)9(15)6-11(2,7-17)10(16)13-4/h14,17-18H,5-8H2,1-4H3,(H,13,16)/t11-,12+/m0/s1. The van der Waals surface area contributed by atoms with Gasteiger partial charge in [0.1, 0.15) is 0 Å². The lowest BCUT2D eigenvalue weighted by atomic mass is 9.81. The van der Waals surface area contributed by atoms with Gasteiger partial charge in [0.2, 0.25) is 5.91 Å². The molecule has 18 heavy (non-hydrogen) atoms. The first-order valence-corrected chi connectivity index (χ1v) is 7.28. The van der Waals surface area contributed by atoms with E-state index in [0.717, 1.165) is 0 Å². The van der Waals surface area contributed by atoms with Crippen LogP contribution in [0.4, 0.5) is 0 Å². The van der Waals surface area contributed by atoms with Crippen molar-refractivity contribution in [1.29, 1.82) is 0 Å². The van der Waals surface area contributed by atoms with E-state index in [2.05, 4.69) is 35.9 Å². The molecule has 0 aromatic carbocycles. The van der Waals surface area contributed by atoms with Crippen LogP contribution in [-0.2, 0) is 9.59 Å². The van der Waals surface area contributed by atoms with Crippen LogP contribution in [0, 0.1) is 5.41 Å². The SMILES string of the molecule is CCN[C@](C)(CS)C(=O)C[C@@](C)(CS)C(=O)NC. The van der Waals surface area contributed by atoms with E-state index in [9.17, 15) is 9.59 Å². The lowest BCUT2D eigenvalue weighted by Gasteiger charge is -2.32. The molecule has 2 atom stereocenters. The highest BCUT2D eigenvalue weighted by Gasteiger charge is 2.39. The van der Waals surface area contributed by atoms with Crippen molar-refractivity contribution in [3.63, 3.8) is 0 Å². The van der Waals surface area contributed by atoms with Gasteiger partial charge in [0, 0.05) is 25.0 Å². The average molecular weight is 292 g/mol. The molecule has 0 aliphatic rings. The van der Waals surface area contributed by atoms with Crippen LogP contribution in [0.5, 0.6) is 0 Å². The molecule has 0 saturated heterocycles. The average Bonchev–Trinajstić information content (AvgIpc) is 2.37. The number of Topliss-reactive ketones (excluding diaryl/α,β-unsaturated/α-hetero) is 1. The normalized spacial score (nSPS) is 17.7. The van der Waals surface area contributed by atoms with Gasteiger partial charge in [0.05, 0.1) is 11.0 Å². The van der Waals surface area contributed by atoms with Crippen molar-refractivity contribution in [3.05, 3.63) is 0 Å². The Bertz CT molecular complexity index is 312. The second-order valence-electron chi connectivity index (χ2n) is 4.92. The summed E-state index contributed by atoms with van der Waals surface area (Å²) in [5.74, 6) is 0.548. The number of carbonyl (C=O) groups is 2. The molecule has 1 amide bonds. The zero-order valence-corrected chi connectivity index (χ0v) is 13.3. The Morgan fingerprint density at radius 3 is 2.06 bits per heavy atom. The third-order valence-electron chi connectivity index (χ3n) is 3.17. The summed E-state index contributed by atoms with van der Waals surface area (Å²) in [4.78, 5) is 24.2. The smallest absolute Gasteiger partial charge is 0.226 e. The van der Waals surface area contributed by atoms with Crippen LogP contribution in [-0.4, -0.2) is 42.3 Å². The van der Waals surface area contributed by atoms with Gasteiger partial charge in [0.15, 0.2) is 5.78 Å². The van der Waals surface area contributed by atoms with Crippen LogP contribution in [0.25, 0.3) is 0 Å². The van der Waals surface area contributed by atoms with Crippen molar-refractivity contribution < 1.29 is 9.59 Å². The zero-order chi connectivity index (χ0) is 14.4. The lowest BCUT2D eigenvalue weighted by molar-refractivity contribution is -0.135. The number of thiol groups is 2. The van der Waals surface area contributed by atoms with E-state index < -0.39 is 11.0 Å². The summed E-state index contributed by atoms with van der Waals surface area (Å²) >= 11 is 8.42. The van der Waals surface area contributed by atoms with E-state index in [4.69, 9.17) is 0 Å². The second-order valence-corrected chi connectivity index (χ2v) is 5.55. The van der Waals surface area contributed by atoms with Gasteiger partial charge >= 0.3 is 0 Å². The van der Waals surface area contributed by atoms with Crippen LogP contribution in [0.15, 0.2) is 0 Å². The molecule has 0 unspecified atom stereocenters. The van der Waals surface area contributed by atoms with Crippen molar-refractivity contribution in [3.8, 4) is 0 Å². The van der Waals surface area contributed by atoms with E-state index in [-0.39, 0.29) is 18.1 Å². The number of carbonyl (C=O) groups excluding carboxylic acids is 2. The first-order chi connectivity index (χ1) is 8.29. The van der Waals surface area contributed by atoms with Crippen LogP contribution >= 0.6 is 25.3 Å². The fourth-order valence-electron chi connectivity index (χ4n) is 1.69. The van der Waals surface area contributed by atoms with Gasteiger partial charge in [-0.15, -0.1) is 0 Å². The maximum absolute atomic E-state index is 12.4. The van der Waals surface area contributed by atoms with Gasteiger partial charge in [-0.25, -0.2) is 0 Å². The Kier molecular flexibility index (Phi) is 7.32. The minimum Gasteiger partial charge on any atom is -0.359 e. The molecule has 0 aliphatic carbocycles. The maximum Gasteiger partial charge on any atom is 0.226 e. The second kappa shape index (κ2) is 7.40. The molecule has 0 fully saturated rings. The molecular weight excluding hydrogens is 268 g/mol. The molecule has 6 heteroatoms. The highest BCUT2D eigenvalue weighted by molar-refractivity contribution is 7.80. The lowest BCUT2D eigenvalue weighted by Crippen LogP contribution is -2.54. The summed E-state index contributed by atoms with van der Waals surface area (Å²) in [6.45, 7) is 6.18. The predicted octanol–water partition coefficient (Wildman–Crippen LogP) is 0.926. The molecule has 106 valence electrons.